The van der Waals surface area contributed by atoms with Crippen molar-refractivity contribution in [2.75, 3.05) is 16.3 Å². The number of benzene rings is 2. The summed E-state index contributed by atoms with van der Waals surface area (Å²) in [6, 6.07) is 9.15. The van der Waals surface area contributed by atoms with Gasteiger partial charge in [0.25, 0.3) is 5.91 Å². The van der Waals surface area contributed by atoms with Gasteiger partial charge in [-0.15, -0.1) is 0 Å². The average molecular weight is 355 g/mol. The van der Waals surface area contributed by atoms with Crippen LogP contribution in [0.3, 0.4) is 0 Å². The molecule has 3 aromatic rings. The van der Waals surface area contributed by atoms with E-state index in [4.69, 9.17) is 0 Å². The molecule has 1 aliphatic heterocycles. The Balaban J connectivity index is 1.76. The van der Waals surface area contributed by atoms with Crippen molar-refractivity contribution in [1.82, 2.24) is 4.98 Å². The van der Waals surface area contributed by atoms with E-state index >= 15 is 0 Å². The molecule has 8 heteroatoms. The van der Waals surface area contributed by atoms with Gasteiger partial charge in [0.1, 0.15) is 24.0 Å². The van der Waals surface area contributed by atoms with Crippen LogP contribution in [0.15, 0.2) is 53.3 Å². The fourth-order valence-corrected chi connectivity index (χ4v) is 2.89. The Kier molecular flexibility index (Phi) is 3.54. The molecule has 1 aliphatic rings. The first-order valence-electron chi connectivity index (χ1n) is 7.66. The van der Waals surface area contributed by atoms with E-state index in [0.29, 0.717) is 11.2 Å². The molecule has 0 saturated carbocycles. The fraction of sp³-hybridized carbons (Fsp3) is 0.0556. The van der Waals surface area contributed by atoms with Gasteiger partial charge in [0.05, 0.1) is 5.52 Å². The zero-order valence-corrected chi connectivity index (χ0v) is 13.2. The summed E-state index contributed by atoms with van der Waals surface area (Å²) in [5.41, 5.74) is 0.140. The van der Waals surface area contributed by atoms with Crippen molar-refractivity contribution in [3.05, 3.63) is 70.4 Å². The Labute approximate surface area is 145 Å². The van der Waals surface area contributed by atoms with E-state index in [0.717, 1.165) is 17.0 Å². The molecular weight excluding hydrogens is 344 g/mol. The molecule has 2 aromatic carbocycles. The number of halogens is 2. The summed E-state index contributed by atoms with van der Waals surface area (Å²) in [6.07, 6.45) is 0. The van der Waals surface area contributed by atoms with Crippen molar-refractivity contribution in [3.8, 4) is 0 Å². The van der Waals surface area contributed by atoms with Gasteiger partial charge in [-0.25, -0.2) is 18.5 Å². The third-order valence-electron chi connectivity index (χ3n) is 4.12. The quantitative estimate of drug-likeness (QED) is 0.719. The molecule has 0 atom stereocenters. The van der Waals surface area contributed by atoms with Crippen LogP contribution >= 0.6 is 0 Å². The predicted octanol–water partition coefficient (Wildman–Crippen LogP) is 2.78. The Hall–Kier alpha value is -3.55. The van der Waals surface area contributed by atoms with Gasteiger partial charge in [0.2, 0.25) is 0 Å². The van der Waals surface area contributed by atoms with Crippen LogP contribution < -0.4 is 15.2 Å². The smallest absolute Gasteiger partial charge is 0.337 e. The van der Waals surface area contributed by atoms with Crippen molar-refractivity contribution >= 4 is 34.3 Å². The lowest BCUT2D eigenvalue weighted by Crippen LogP contribution is -2.34. The van der Waals surface area contributed by atoms with E-state index in [1.54, 1.807) is 0 Å². The zero-order chi connectivity index (χ0) is 18.4. The number of carbonyl (C=O) groups is 2. The van der Waals surface area contributed by atoms with E-state index in [1.807, 2.05) is 0 Å². The van der Waals surface area contributed by atoms with E-state index < -0.39 is 29.0 Å². The van der Waals surface area contributed by atoms with Crippen molar-refractivity contribution in [2.45, 2.75) is 0 Å². The lowest BCUT2D eigenvalue weighted by Gasteiger charge is -2.17. The van der Waals surface area contributed by atoms with Crippen LogP contribution in [-0.2, 0) is 4.79 Å². The second kappa shape index (κ2) is 5.76. The molecule has 130 valence electrons. The van der Waals surface area contributed by atoms with Crippen LogP contribution in [0.25, 0.3) is 10.9 Å². The third kappa shape index (κ3) is 2.52. The molecular formula is C18H11F2N3O3. The summed E-state index contributed by atoms with van der Waals surface area (Å²) in [4.78, 5) is 42.0. The zero-order valence-electron chi connectivity index (χ0n) is 13.2. The summed E-state index contributed by atoms with van der Waals surface area (Å²) in [5.74, 6) is -1.58. The van der Waals surface area contributed by atoms with Crippen LogP contribution in [0.4, 0.5) is 25.1 Å². The minimum absolute atomic E-state index is 0.00581. The molecule has 1 fully saturated rings. The van der Waals surface area contributed by atoms with E-state index in [2.05, 4.69) is 4.98 Å². The van der Waals surface area contributed by atoms with Crippen molar-refractivity contribution in [3.63, 3.8) is 0 Å². The SMILES string of the molecule is O=C1CN(c2ccc(F)cc2)C(=O)N1c1cc(=O)c2cc(F)ccc2[nH]1. The lowest BCUT2D eigenvalue weighted by atomic mass is 10.2. The largest absolute Gasteiger partial charge is 0.340 e. The number of aromatic amines is 1. The fourth-order valence-electron chi connectivity index (χ4n) is 2.89. The molecule has 4 rings (SSSR count). The number of nitrogens with zero attached hydrogens (tertiary/aromatic N) is 2. The highest BCUT2D eigenvalue weighted by molar-refractivity contribution is 6.26. The van der Waals surface area contributed by atoms with Gasteiger partial charge in [0, 0.05) is 17.1 Å². The molecule has 0 bridgehead atoms. The van der Waals surface area contributed by atoms with Gasteiger partial charge >= 0.3 is 6.03 Å². The Morgan fingerprint density at radius 3 is 2.31 bits per heavy atom. The highest BCUT2D eigenvalue weighted by Crippen LogP contribution is 2.25. The van der Waals surface area contributed by atoms with Gasteiger partial charge in [0.15, 0.2) is 5.43 Å². The second-order valence-electron chi connectivity index (χ2n) is 5.78. The number of nitrogens with one attached hydrogen (secondary N) is 1. The molecule has 1 N–H and O–H groups in total. The predicted molar refractivity (Wildman–Crippen MR) is 91.2 cm³/mol. The Morgan fingerprint density at radius 2 is 1.58 bits per heavy atom. The highest BCUT2D eigenvalue weighted by atomic mass is 19.1. The average Bonchev–Trinajstić information content (AvgIpc) is 2.90. The molecule has 3 amide bonds. The van der Waals surface area contributed by atoms with Gasteiger partial charge in [-0.3, -0.25) is 14.5 Å². The highest BCUT2D eigenvalue weighted by Gasteiger charge is 2.38. The summed E-state index contributed by atoms with van der Waals surface area (Å²) in [6.45, 7) is -0.242. The number of carbonyl (C=O) groups excluding carboxylic acids is 2. The maximum Gasteiger partial charge on any atom is 0.337 e. The minimum atomic E-state index is -0.668. The molecule has 26 heavy (non-hydrogen) atoms. The van der Waals surface area contributed by atoms with Crippen molar-refractivity contribution < 1.29 is 18.4 Å². The molecule has 1 saturated heterocycles. The number of hydrogen-bond acceptors (Lipinski definition) is 3. The van der Waals surface area contributed by atoms with Gasteiger partial charge in [-0.05, 0) is 42.5 Å². The van der Waals surface area contributed by atoms with Gasteiger partial charge in [-0.2, -0.15) is 0 Å². The number of hydrogen-bond donors (Lipinski definition) is 1. The van der Waals surface area contributed by atoms with Crippen LogP contribution in [-0.4, -0.2) is 23.5 Å². The van der Waals surface area contributed by atoms with Gasteiger partial charge < -0.3 is 4.98 Å². The Bertz CT molecular complexity index is 1110. The number of imide groups is 1. The first kappa shape index (κ1) is 15.9. The minimum Gasteiger partial charge on any atom is -0.340 e. The number of aromatic nitrogens is 1. The Morgan fingerprint density at radius 1 is 0.885 bits per heavy atom. The third-order valence-corrected chi connectivity index (χ3v) is 4.12. The van der Waals surface area contributed by atoms with Crippen LogP contribution in [0.2, 0.25) is 0 Å². The standard InChI is InChI=1S/C18H11F2N3O3/c19-10-1-4-12(5-2-10)22-9-17(25)23(18(22)26)16-8-15(24)13-7-11(20)3-6-14(13)21-16/h1-8H,9H2,(H,21,24). The van der Waals surface area contributed by atoms with Crippen LogP contribution in [0.1, 0.15) is 0 Å². The summed E-state index contributed by atoms with van der Waals surface area (Å²) < 4.78 is 26.4. The molecule has 2 heterocycles. The lowest BCUT2D eigenvalue weighted by molar-refractivity contribution is -0.115. The molecule has 1 aromatic heterocycles. The van der Waals surface area contributed by atoms with Crippen molar-refractivity contribution in [1.29, 1.82) is 0 Å². The van der Waals surface area contributed by atoms with E-state index in [-0.39, 0.29) is 17.7 Å². The first-order valence-corrected chi connectivity index (χ1v) is 7.66. The molecule has 0 spiro atoms. The number of anilines is 2. The summed E-state index contributed by atoms with van der Waals surface area (Å²) in [5, 5.41) is 0.114. The normalized spacial score (nSPS) is 14.5. The van der Waals surface area contributed by atoms with Crippen LogP contribution in [0, 0.1) is 11.6 Å². The number of pyridine rings is 1. The maximum atomic E-state index is 13.3. The number of urea groups is 1. The van der Waals surface area contributed by atoms with Gasteiger partial charge in [-0.1, -0.05) is 0 Å². The summed E-state index contributed by atoms with van der Waals surface area (Å²) >= 11 is 0. The number of amides is 3. The first-order chi connectivity index (χ1) is 12.4. The second-order valence-corrected chi connectivity index (χ2v) is 5.78. The van der Waals surface area contributed by atoms with Crippen LogP contribution in [0.5, 0.6) is 0 Å². The topological polar surface area (TPSA) is 73.5 Å². The molecule has 0 radical (unpaired) electrons. The number of H-pyrrole nitrogens is 1. The molecule has 0 aliphatic carbocycles. The monoisotopic (exact) mass is 355 g/mol. The van der Waals surface area contributed by atoms with E-state index in [9.17, 15) is 23.2 Å². The van der Waals surface area contributed by atoms with E-state index in [1.165, 1.54) is 41.3 Å². The molecule has 6 nitrogen and oxygen atoms in total. The number of fused-ring (bicyclic) bond motifs is 1. The molecule has 0 unspecified atom stereocenters. The summed E-state index contributed by atoms with van der Waals surface area (Å²) in [7, 11) is 0. The maximum absolute atomic E-state index is 13.3. The van der Waals surface area contributed by atoms with Crippen molar-refractivity contribution in [2.24, 2.45) is 0 Å². The number of rotatable bonds is 2.